The molecule has 1 amide bonds. The van der Waals surface area contributed by atoms with Crippen LogP contribution in [0.4, 0.5) is 0 Å². The molecule has 1 aliphatic heterocycles. The largest absolute Gasteiger partial charge is 0.339 e. The second kappa shape index (κ2) is 7.16. The summed E-state index contributed by atoms with van der Waals surface area (Å²) in [6.45, 7) is 0.726. The number of carbonyl (C=O) groups is 1. The smallest absolute Gasteiger partial charge is 0.231 e. The topological polar surface area (TPSA) is 59.2 Å². The second-order valence-electron chi connectivity index (χ2n) is 7.09. The van der Waals surface area contributed by atoms with Gasteiger partial charge in [0, 0.05) is 29.9 Å². The number of benzene rings is 1. The monoisotopic (exact) mass is 359 g/mol. The molecular formula is C19H22ClN3O2. The van der Waals surface area contributed by atoms with Crippen molar-refractivity contribution in [2.75, 3.05) is 6.54 Å². The zero-order valence-corrected chi connectivity index (χ0v) is 14.9. The Labute approximate surface area is 152 Å². The van der Waals surface area contributed by atoms with E-state index in [2.05, 4.69) is 15.0 Å². The van der Waals surface area contributed by atoms with Crippen LogP contribution < -0.4 is 0 Å². The Morgan fingerprint density at radius 2 is 1.92 bits per heavy atom. The summed E-state index contributed by atoms with van der Waals surface area (Å²) in [5.74, 6) is 1.54. The zero-order chi connectivity index (χ0) is 17.2. The van der Waals surface area contributed by atoms with Crippen molar-refractivity contribution in [2.45, 2.75) is 56.9 Å². The van der Waals surface area contributed by atoms with Crippen LogP contribution in [0.3, 0.4) is 0 Å². The van der Waals surface area contributed by atoms with E-state index in [1.807, 2.05) is 24.3 Å². The summed E-state index contributed by atoms with van der Waals surface area (Å²) in [4.78, 5) is 19.0. The summed E-state index contributed by atoms with van der Waals surface area (Å²) < 4.78 is 5.40. The van der Waals surface area contributed by atoms with E-state index in [-0.39, 0.29) is 11.8 Å². The Bertz CT molecular complexity index is 737. The molecule has 2 heterocycles. The Balaban J connectivity index is 1.41. The molecule has 2 fully saturated rings. The van der Waals surface area contributed by atoms with Crippen LogP contribution in [0.1, 0.15) is 61.7 Å². The van der Waals surface area contributed by atoms with Gasteiger partial charge in [0.1, 0.15) is 0 Å². The van der Waals surface area contributed by atoms with Gasteiger partial charge in [-0.25, -0.2) is 0 Å². The number of amides is 1. The lowest BCUT2D eigenvalue weighted by molar-refractivity contribution is -0.130. The molecule has 1 saturated carbocycles. The van der Waals surface area contributed by atoms with Crippen molar-refractivity contribution in [3.8, 4) is 0 Å². The molecular weight excluding hydrogens is 338 g/mol. The third-order valence-corrected chi connectivity index (χ3v) is 5.54. The van der Waals surface area contributed by atoms with Gasteiger partial charge in [-0.3, -0.25) is 4.79 Å². The average molecular weight is 360 g/mol. The van der Waals surface area contributed by atoms with E-state index in [0.29, 0.717) is 35.6 Å². The summed E-state index contributed by atoms with van der Waals surface area (Å²) in [5, 5.41) is 4.85. The summed E-state index contributed by atoms with van der Waals surface area (Å²) in [6, 6.07) is 8.02. The van der Waals surface area contributed by atoms with Gasteiger partial charge in [-0.1, -0.05) is 48.2 Å². The molecule has 0 bridgehead atoms. The molecule has 4 rings (SSSR count). The normalized spacial score (nSPS) is 21.9. The first-order valence-corrected chi connectivity index (χ1v) is 9.43. The van der Waals surface area contributed by atoms with Gasteiger partial charge in [0.15, 0.2) is 5.82 Å². The first-order valence-electron chi connectivity index (χ1n) is 9.05. The third kappa shape index (κ3) is 3.71. The molecule has 132 valence electrons. The maximum Gasteiger partial charge on any atom is 0.231 e. The molecule has 1 aromatic carbocycles. The fourth-order valence-corrected chi connectivity index (χ4v) is 4.06. The molecule has 25 heavy (non-hydrogen) atoms. The Hall–Kier alpha value is -1.88. The van der Waals surface area contributed by atoms with Crippen LogP contribution in [-0.2, 0) is 11.2 Å². The van der Waals surface area contributed by atoms with Crippen LogP contribution in [0.25, 0.3) is 0 Å². The van der Waals surface area contributed by atoms with Gasteiger partial charge >= 0.3 is 0 Å². The highest BCUT2D eigenvalue weighted by Crippen LogP contribution is 2.32. The minimum absolute atomic E-state index is 0.0529. The molecule has 6 heteroatoms. The fourth-order valence-electron chi connectivity index (χ4n) is 3.93. The third-order valence-electron chi connectivity index (χ3n) is 5.29. The van der Waals surface area contributed by atoms with Crippen molar-refractivity contribution in [3.63, 3.8) is 0 Å². The van der Waals surface area contributed by atoms with E-state index in [9.17, 15) is 4.79 Å². The molecule has 1 aromatic heterocycles. The minimum atomic E-state index is 0.0529. The van der Waals surface area contributed by atoms with Gasteiger partial charge in [-0.2, -0.15) is 4.98 Å². The summed E-state index contributed by atoms with van der Waals surface area (Å²) in [5.41, 5.74) is 1.07. The number of rotatable bonds is 4. The molecule has 1 aliphatic carbocycles. The number of hydrogen-bond acceptors (Lipinski definition) is 4. The van der Waals surface area contributed by atoms with Crippen LogP contribution in [-0.4, -0.2) is 33.5 Å². The van der Waals surface area contributed by atoms with E-state index < -0.39 is 0 Å². The number of halogens is 1. The highest BCUT2D eigenvalue weighted by atomic mass is 35.5. The minimum Gasteiger partial charge on any atom is -0.339 e. The SMILES string of the molecule is O=C1CC(c2noc(Cc3ccc(Cl)cc3)n2)CN1C1CCCCC1. The summed E-state index contributed by atoms with van der Waals surface area (Å²) >= 11 is 5.91. The Morgan fingerprint density at radius 1 is 1.16 bits per heavy atom. The first-order chi connectivity index (χ1) is 12.2. The standard InChI is InChI=1S/C19H22ClN3O2/c20-15-8-6-13(7-9-15)10-17-21-19(22-25-17)14-11-18(24)23(12-14)16-4-2-1-3-5-16/h6-9,14,16H,1-5,10-12H2. The molecule has 2 aliphatic rings. The maximum atomic E-state index is 12.4. The molecule has 2 aromatic rings. The zero-order valence-electron chi connectivity index (χ0n) is 14.2. The molecule has 0 N–H and O–H groups in total. The van der Waals surface area contributed by atoms with Gasteiger partial charge in [0.25, 0.3) is 0 Å². The van der Waals surface area contributed by atoms with Crippen LogP contribution in [0.5, 0.6) is 0 Å². The first kappa shape index (κ1) is 16.6. The number of nitrogens with zero attached hydrogens (tertiary/aromatic N) is 3. The highest BCUT2D eigenvalue weighted by molar-refractivity contribution is 6.30. The molecule has 1 unspecified atom stereocenters. The number of aromatic nitrogens is 2. The average Bonchev–Trinajstić information content (AvgIpc) is 3.24. The predicted molar refractivity (Wildman–Crippen MR) is 94.5 cm³/mol. The van der Waals surface area contributed by atoms with Crippen LogP contribution in [0.15, 0.2) is 28.8 Å². The van der Waals surface area contributed by atoms with Crippen molar-refractivity contribution in [1.82, 2.24) is 15.0 Å². The van der Waals surface area contributed by atoms with Gasteiger partial charge in [-0.05, 0) is 30.5 Å². The Kier molecular flexibility index (Phi) is 4.75. The lowest BCUT2D eigenvalue weighted by Crippen LogP contribution is -2.37. The van der Waals surface area contributed by atoms with Crippen molar-refractivity contribution >= 4 is 17.5 Å². The Morgan fingerprint density at radius 3 is 2.68 bits per heavy atom. The van der Waals surface area contributed by atoms with Crippen LogP contribution in [0, 0.1) is 0 Å². The lowest BCUT2D eigenvalue weighted by atomic mass is 9.94. The number of hydrogen-bond donors (Lipinski definition) is 0. The number of carbonyl (C=O) groups excluding carboxylic acids is 1. The van der Waals surface area contributed by atoms with Gasteiger partial charge in [-0.15, -0.1) is 0 Å². The van der Waals surface area contributed by atoms with E-state index in [1.165, 1.54) is 19.3 Å². The maximum absolute atomic E-state index is 12.4. The fraction of sp³-hybridized carbons (Fsp3) is 0.526. The lowest BCUT2D eigenvalue weighted by Gasteiger charge is -2.31. The number of likely N-dealkylation sites (tertiary alicyclic amines) is 1. The van der Waals surface area contributed by atoms with E-state index in [4.69, 9.17) is 16.1 Å². The van der Waals surface area contributed by atoms with Crippen LogP contribution in [0.2, 0.25) is 5.02 Å². The highest BCUT2D eigenvalue weighted by Gasteiger charge is 2.37. The molecule has 5 nitrogen and oxygen atoms in total. The van der Waals surface area contributed by atoms with Gasteiger partial charge < -0.3 is 9.42 Å². The molecule has 1 atom stereocenters. The molecule has 1 saturated heterocycles. The summed E-state index contributed by atoms with van der Waals surface area (Å²) in [7, 11) is 0. The van der Waals surface area contributed by atoms with Crippen molar-refractivity contribution in [3.05, 3.63) is 46.6 Å². The summed E-state index contributed by atoms with van der Waals surface area (Å²) in [6.07, 6.45) is 7.09. The van der Waals surface area contributed by atoms with Crippen LogP contribution >= 0.6 is 11.6 Å². The molecule has 0 spiro atoms. The second-order valence-corrected chi connectivity index (χ2v) is 7.52. The van der Waals surface area contributed by atoms with Crippen molar-refractivity contribution in [2.24, 2.45) is 0 Å². The quantitative estimate of drug-likeness (QED) is 0.829. The van der Waals surface area contributed by atoms with Crippen molar-refractivity contribution in [1.29, 1.82) is 0 Å². The predicted octanol–water partition coefficient (Wildman–Crippen LogP) is 3.96. The van der Waals surface area contributed by atoms with E-state index in [0.717, 1.165) is 24.9 Å². The van der Waals surface area contributed by atoms with E-state index >= 15 is 0 Å². The molecule has 0 radical (unpaired) electrons. The van der Waals surface area contributed by atoms with Crippen molar-refractivity contribution < 1.29 is 9.32 Å². The van der Waals surface area contributed by atoms with E-state index in [1.54, 1.807) is 0 Å². The van der Waals surface area contributed by atoms with Gasteiger partial charge in [0.05, 0.1) is 6.42 Å². The van der Waals surface area contributed by atoms with Gasteiger partial charge in [0.2, 0.25) is 11.8 Å².